The summed E-state index contributed by atoms with van der Waals surface area (Å²) in [6.07, 6.45) is 0. The zero-order chi connectivity index (χ0) is 14.6. The number of hydrogen-bond donors (Lipinski definition) is 0. The summed E-state index contributed by atoms with van der Waals surface area (Å²) in [5.74, 6) is -0.547. The van der Waals surface area contributed by atoms with Crippen LogP contribution in [0.4, 0.5) is 4.39 Å². The minimum absolute atomic E-state index is 0.0256. The topological polar surface area (TPSA) is 52.6 Å². The van der Waals surface area contributed by atoms with Crippen LogP contribution in [0.25, 0.3) is 0 Å². The van der Waals surface area contributed by atoms with Gasteiger partial charge in [-0.25, -0.2) is 4.39 Å². The van der Waals surface area contributed by atoms with Crippen LogP contribution in [-0.4, -0.2) is 15.0 Å². The maximum absolute atomic E-state index is 13.5. The second-order valence-corrected chi connectivity index (χ2v) is 5.36. The van der Waals surface area contributed by atoms with Crippen LogP contribution in [0.5, 0.6) is 11.5 Å². The molecule has 0 fully saturated rings. The fourth-order valence-electron chi connectivity index (χ4n) is 1.60. The van der Waals surface area contributed by atoms with Gasteiger partial charge < -0.3 is 8.92 Å². The summed E-state index contributed by atoms with van der Waals surface area (Å²) >= 11 is 0. The Bertz CT molecular complexity index is 698. The Labute approximate surface area is 116 Å². The van der Waals surface area contributed by atoms with Crippen molar-refractivity contribution >= 4 is 10.1 Å². The highest BCUT2D eigenvalue weighted by atomic mass is 32.2. The number of ether oxygens (including phenoxy) is 1. The second kappa shape index (κ2) is 5.92. The number of benzene rings is 2. The van der Waals surface area contributed by atoms with Crippen molar-refractivity contribution in [1.29, 1.82) is 0 Å². The van der Waals surface area contributed by atoms with Crippen LogP contribution in [0.2, 0.25) is 0 Å². The third kappa shape index (κ3) is 3.08. The summed E-state index contributed by atoms with van der Waals surface area (Å²) < 4.78 is 47.9. The average Bonchev–Trinajstić information content (AvgIpc) is 2.41. The van der Waals surface area contributed by atoms with E-state index in [9.17, 15) is 12.8 Å². The van der Waals surface area contributed by atoms with Gasteiger partial charge in [0.15, 0.2) is 11.5 Å². The first kappa shape index (κ1) is 14.3. The maximum atomic E-state index is 13.5. The van der Waals surface area contributed by atoms with Gasteiger partial charge in [0.05, 0.1) is 6.61 Å². The van der Waals surface area contributed by atoms with Gasteiger partial charge in [-0.3, -0.25) is 0 Å². The summed E-state index contributed by atoms with van der Waals surface area (Å²) in [4.78, 5) is -0.508. The minimum Gasteiger partial charge on any atom is -0.490 e. The monoisotopic (exact) mass is 296 g/mol. The molecule has 2 aromatic rings. The molecule has 0 N–H and O–H groups in total. The van der Waals surface area contributed by atoms with E-state index in [0.29, 0.717) is 6.61 Å². The SMILES string of the molecule is CCOc1ccccc1OS(=O)(=O)c1ccccc1F. The molecule has 0 atom stereocenters. The summed E-state index contributed by atoms with van der Waals surface area (Å²) in [6.45, 7) is 2.13. The van der Waals surface area contributed by atoms with Crippen LogP contribution in [-0.2, 0) is 10.1 Å². The van der Waals surface area contributed by atoms with Crippen molar-refractivity contribution < 1.29 is 21.7 Å². The van der Waals surface area contributed by atoms with E-state index in [1.165, 1.54) is 18.2 Å². The Morgan fingerprint density at radius 1 is 1.00 bits per heavy atom. The van der Waals surface area contributed by atoms with Gasteiger partial charge in [-0.1, -0.05) is 24.3 Å². The van der Waals surface area contributed by atoms with Gasteiger partial charge in [0.25, 0.3) is 0 Å². The molecule has 2 rings (SSSR count). The highest BCUT2D eigenvalue weighted by Crippen LogP contribution is 2.29. The van der Waals surface area contributed by atoms with Crippen LogP contribution in [0, 0.1) is 5.82 Å². The first-order valence-corrected chi connectivity index (χ1v) is 7.36. The predicted octanol–water partition coefficient (Wildman–Crippen LogP) is 2.99. The molecule has 6 heteroatoms. The van der Waals surface area contributed by atoms with Gasteiger partial charge in [-0.05, 0) is 31.2 Å². The zero-order valence-electron chi connectivity index (χ0n) is 10.7. The zero-order valence-corrected chi connectivity index (χ0v) is 11.6. The molecule has 0 saturated carbocycles. The van der Waals surface area contributed by atoms with Gasteiger partial charge in [0.2, 0.25) is 0 Å². The molecule has 0 aliphatic rings. The van der Waals surface area contributed by atoms with E-state index in [1.54, 1.807) is 25.1 Å². The third-order valence-electron chi connectivity index (χ3n) is 2.45. The van der Waals surface area contributed by atoms with E-state index in [4.69, 9.17) is 8.92 Å². The van der Waals surface area contributed by atoms with Crippen molar-refractivity contribution in [2.24, 2.45) is 0 Å². The summed E-state index contributed by atoms with van der Waals surface area (Å²) in [5, 5.41) is 0. The Balaban J connectivity index is 2.37. The molecule has 0 radical (unpaired) electrons. The van der Waals surface area contributed by atoms with Crippen LogP contribution >= 0.6 is 0 Å². The highest BCUT2D eigenvalue weighted by molar-refractivity contribution is 7.87. The van der Waals surface area contributed by atoms with Crippen LogP contribution in [0.15, 0.2) is 53.4 Å². The number of hydrogen-bond acceptors (Lipinski definition) is 4. The van der Waals surface area contributed by atoms with E-state index in [0.717, 1.165) is 12.1 Å². The number of rotatable bonds is 5. The van der Waals surface area contributed by atoms with Crippen molar-refractivity contribution in [3.8, 4) is 11.5 Å². The van der Waals surface area contributed by atoms with Gasteiger partial charge in [0, 0.05) is 0 Å². The summed E-state index contributed by atoms with van der Waals surface area (Å²) in [6, 6.07) is 11.4. The van der Waals surface area contributed by atoms with Crippen molar-refractivity contribution in [3.63, 3.8) is 0 Å². The minimum atomic E-state index is -4.24. The van der Waals surface area contributed by atoms with Gasteiger partial charge in [-0.15, -0.1) is 0 Å². The van der Waals surface area contributed by atoms with E-state index >= 15 is 0 Å². The molecule has 0 aliphatic carbocycles. The van der Waals surface area contributed by atoms with Gasteiger partial charge >= 0.3 is 10.1 Å². The molecule has 0 heterocycles. The second-order valence-electron chi connectivity index (χ2n) is 3.85. The van der Waals surface area contributed by atoms with Crippen molar-refractivity contribution in [1.82, 2.24) is 0 Å². The fraction of sp³-hybridized carbons (Fsp3) is 0.143. The molecule has 0 saturated heterocycles. The van der Waals surface area contributed by atoms with E-state index in [-0.39, 0.29) is 11.5 Å². The molecule has 0 bridgehead atoms. The lowest BCUT2D eigenvalue weighted by molar-refractivity contribution is 0.327. The normalized spacial score (nSPS) is 11.1. The largest absolute Gasteiger partial charge is 0.490 e. The van der Waals surface area contributed by atoms with Crippen molar-refractivity contribution in [3.05, 3.63) is 54.3 Å². The molecule has 2 aromatic carbocycles. The lowest BCUT2D eigenvalue weighted by atomic mass is 10.3. The first-order valence-electron chi connectivity index (χ1n) is 5.95. The van der Waals surface area contributed by atoms with E-state index in [2.05, 4.69) is 0 Å². The molecule has 0 spiro atoms. The Morgan fingerprint density at radius 3 is 2.25 bits per heavy atom. The first-order chi connectivity index (χ1) is 9.54. The smallest absolute Gasteiger partial charge is 0.342 e. The highest BCUT2D eigenvalue weighted by Gasteiger charge is 2.22. The van der Waals surface area contributed by atoms with Crippen LogP contribution in [0.1, 0.15) is 6.92 Å². The lowest BCUT2D eigenvalue weighted by Crippen LogP contribution is -2.12. The molecule has 0 amide bonds. The molecule has 4 nitrogen and oxygen atoms in total. The predicted molar refractivity (Wildman–Crippen MR) is 71.8 cm³/mol. The molecule has 106 valence electrons. The van der Waals surface area contributed by atoms with E-state index < -0.39 is 20.8 Å². The Kier molecular flexibility index (Phi) is 4.24. The molecule has 0 aromatic heterocycles. The number of halogens is 1. The maximum Gasteiger partial charge on any atom is 0.342 e. The Morgan fingerprint density at radius 2 is 1.60 bits per heavy atom. The van der Waals surface area contributed by atoms with E-state index in [1.807, 2.05) is 0 Å². The standard InChI is InChI=1S/C14H13FO4S/c1-2-18-12-8-4-5-9-13(12)19-20(16,17)14-10-6-3-7-11(14)15/h3-10H,2H2,1H3. The molecule has 0 aliphatic heterocycles. The molecule has 0 unspecified atom stereocenters. The van der Waals surface area contributed by atoms with Crippen LogP contribution < -0.4 is 8.92 Å². The van der Waals surface area contributed by atoms with Gasteiger partial charge in [-0.2, -0.15) is 8.42 Å². The van der Waals surface area contributed by atoms with Crippen molar-refractivity contribution in [2.45, 2.75) is 11.8 Å². The molecule has 20 heavy (non-hydrogen) atoms. The Hall–Kier alpha value is -2.08. The van der Waals surface area contributed by atoms with Gasteiger partial charge in [0.1, 0.15) is 10.7 Å². The average molecular weight is 296 g/mol. The fourth-order valence-corrected chi connectivity index (χ4v) is 2.62. The third-order valence-corrected chi connectivity index (χ3v) is 3.72. The summed E-state index contributed by atoms with van der Waals surface area (Å²) in [5.41, 5.74) is 0. The molecular formula is C14H13FO4S. The van der Waals surface area contributed by atoms with Crippen LogP contribution in [0.3, 0.4) is 0 Å². The molecular weight excluding hydrogens is 283 g/mol. The number of para-hydroxylation sites is 2. The van der Waals surface area contributed by atoms with Crippen molar-refractivity contribution in [2.75, 3.05) is 6.61 Å². The quantitative estimate of drug-likeness (QED) is 0.796. The lowest BCUT2D eigenvalue weighted by Gasteiger charge is -2.11. The summed E-state index contributed by atoms with van der Waals surface area (Å²) in [7, 11) is -4.24.